The van der Waals surface area contributed by atoms with Gasteiger partial charge >= 0.3 is 0 Å². The molecule has 0 saturated carbocycles. The maximum absolute atomic E-state index is 11.6. The maximum atomic E-state index is 11.6. The van der Waals surface area contributed by atoms with Crippen LogP contribution in [0.5, 0.6) is 0 Å². The van der Waals surface area contributed by atoms with E-state index in [-0.39, 0.29) is 5.91 Å². The van der Waals surface area contributed by atoms with Crippen LogP contribution in [0.2, 0.25) is 0 Å². The predicted molar refractivity (Wildman–Crippen MR) is 62.3 cm³/mol. The van der Waals surface area contributed by atoms with Crippen LogP contribution in [-0.4, -0.2) is 23.7 Å². The van der Waals surface area contributed by atoms with Gasteiger partial charge in [-0.05, 0) is 30.4 Å². The Morgan fingerprint density at radius 2 is 2.40 bits per heavy atom. The second-order valence-corrected chi connectivity index (χ2v) is 4.50. The molecule has 0 aromatic carbocycles. The fourth-order valence-electron chi connectivity index (χ4n) is 1.33. The molecule has 3 nitrogen and oxygen atoms in total. The van der Waals surface area contributed by atoms with Crippen molar-refractivity contribution in [2.24, 2.45) is 0 Å². The summed E-state index contributed by atoms with van der Waals surface area (Å²) in [5, 5.41) is 14.1. The van der Waals surface area contributed by atoms with E-state index < -0.39 is 6.10 Å². The van der Waals surface area contributed by atoms with Gasteiger partial charge in [-0.2, -0.15) is 0 Å². The lowest BCUT2D eigenvalue weighted by atomic mass is 10.2. The summed E-state index contributed by atoms with van der Waals surface area (Å²) >= 11 is 1.43. The van der Waals surface area contributed by atoms with Crippen molar-refractivity contribution in [1.29, 1.82) is 0 Å². The van der Waals surface area contributed by atoms with E-state index >= 15 is 0 Å². The molecule has 0 saturated heterocycles. The zero-order valence-electron chi connectivity index (χ0n) is 9.12. The molecule has 0 spiro atoms. The summed E-state index contributed by atoms with van der Waals surface area (Å²) in [4.78, 5) is 12.4. The summed E-state index contributed by atoms with van der Waals surface area (Å²) in [6.45, 7) is 4.26. The van der Waals surface area contributed by atoms with E-state index in [1.807, 2.05) is 25.3 Å². The number of amides is 1. The molecule has 0 radical (unpaired) electrons. The van der Waals surface area contributed by atoms with Crippen LogP contribution in [0.3, 0.4) is 0 Å². The Morgan fingerprint density at radius 1 is 1.67 bits per heavy atom. The summed E-state index contributed by atoms with van der Waals surface area (Å²) in [6, 6.07) is 1.92. The number of aliphatic hydroxyl groups excluding tert-OH is 1. The predicted octanol–water partition coefficient (Wildman–Crippen LogP) is 1.95. The van der Waals surface area contributed by atoms with Crippen molar-refractivity contribution < 1.29 is 9.90 Å². The Kier molecular flexibility index (Phi) is 4.78. The van der Waals surface area contributed by atoms with E-state index in [0.29, 0.717) is 6.54 Å². The van der Waals surface area contributed by atoms with Crippen LogP contribution in [0.4, 0.5) is 0 Å². The van der Waals surface area contributed by atoms with Crippen LogP contribution in [0, 0.1) is 6.92 Å². The second-order valence-electron chi connectivity index (χ2n) is 3.59. The molecule has 0 aliphatic carbocycles. The molecule has 1 rings (SSSR count). The average molecular weight is 227 g/mol. The van der Waals surface area contributed by atoms with E-state index in [1.54, 1.807) is 0 Å². The minimum Gasteiger partial charge on any atom is -0.391 e. The van der Waals surface area contributed by atoms with Crippen molar-refractivity contribution in [3.8, 4) is 0 Å². The SMILES string of the molecule is CCCC(O)CNC(=O)c1sccc1C. The second kappa shape index (κ2) is 5.88. The third-order valence-corrected chi connectivity index (χ3v) is 3.20. The van der Waals surface area contributed by atoms with Gasteiger partial charge in [-0.25, -0.2) is 0 Å². The van der Waals surface area contributed by atoms with Crippen LogP contribution in [0.15, 0.2) is 11.4 Å². The van der Waals surface area contributed by atoms with Crippen molar-refractivity contribution in [3.05, 3.63) is 21.9 Å². The van der Waals surface area contributed by atoms with Crippen LogP contribution in [0.25, 0.3) is 0 Å². The molecule has 0 fully saturated rings. The topological polar surface area (TPSA) is 49.3 Å². The monoisotopic (exact) mass is 227 g/mol. The number of hydrogen-bond acceptors (Lipinski definition) is 3. The first-order valence-corrected chi connectivity index (χ1v) is 6.03. The third-order valence-electron chi connectivity index (χ3n) is 2.19. The smallest absolute Gasteiger partial charge is 0.261 e. The van der Waals surface area contributed by atoms with E-state index in [1.165, 1.54) is 11.3 Å². The molecule has 0 bridgehead atoms. The Labute approximate surface area is 94.1 Å². The van der Waals surface area contributed by atoms with Gasteiger partial charge in [0.25, 0.3) is 5.91 Å². The van der Waals surface area contributed by atoms with Gasteiger partial charge < -0.3 is 10.4 Å². The lowest BCUT2D eigenvalue weighted by Crippen LogP contribution is -2.31. The highest BCUT2D eigenvalue weighted by atomic mass is 32.1. The van der Waals surface area contributed by atoms with Crippen LogP contribution in [-0.2, 0) is 0 Å². The molecule has 2 N–H and O–H groups in total. The van der Waals surface area contributed by atoms with Crippen molar-refractivity contribution in [3.63, 3.8) is 0 Å². The molecule has 1 unspecified atom stereocenters. The molecule has 1 atom stereocenters. The number of aliphatic hydroxyl groups is 1. The fourth-order valence-corrected chi connectivity index (χ4v) is 2.17. The number of nitrogens with one attached hydrogen (secondary N) is 1. The molecule has 0 aliphatic heterocycles. The first-order chi connectivity index (χ1) is 7.15. The summed E-state index contributed by atoms with van der Waals surface area (Å²) in [5.74, 6) is -0.0855. The Bertz CT molecular complexity index is 322. The normalized spacial score (nSPS) is 12.5. The van der Waals surface area contributed by atoms with E-state index in [4.69, 9.17) is 0 Å². The number of rotatable bonds is 5. The minimum atomic E-state index is -0.431. The van der Waals surface area contributed by atoms with Crippen molar-refractivity contribution in [2.45, 2.75) is 32.8 Å². The van der Waals surface area contributed by atoms with Crippen LogP contribution >= 0.6 is 11.3 Å². The van der Waals surface area contributed by atoms with Crippen molar-refractivity contribution in [2.75, 3.05) is 6.54 Å². The largest absolute Gasteiger partial charge is 0.391 e. The van der Waals surface area contributed by atoms with Gasteiger partial charge in [0.2, 0.25) is 0 Å². The highest BCUT2D eigenvalue weighted by Gasteiger charge is 2.11. The zero-order chi connectivity index (χ0) is 11.3. The number of carbonyl (C=O) groups is 1. The standard InChI is InChI=1S/C11H17NO2S/c1-3-4-9(13)7-12-11(14)10-8(2)5-6-15-10/h5-6,9,13H,3-4,7H2,1-2H3,(H,12,14). The van der Waals surface area contributed by atoms with Crippen LogP contribution < -0.4 is 5.32 Å². The maximum Gasteiger partial charge on any atom is 0.261 e. The summed E-state index contributed by atoms with van der Waals surface area (Å²) in [7, 11) is 0. The molecule has 84 valence electrons. The molecule has 15 heavy (non-hydrogen) atoms. The van der Waals surface area contributed by atoms with Gasteiger partial charge in [-0.1, -0.05) is 13.3 Å². The summed E-state index contributed by atoms with van der Waals surface area (Å²) < 4.78 is 0. The molecule has 1 amide bonds. The van der Waals surface area contributed by atoms with E-state index in [0.717, 1.165) is 23.3 Å². The molecule has 1 aromatic heterocycles. The molecule has 0 aliphatic rings. The Hall–Kier alpha value is -0.870. The molecular weight excluding hydrogens is 210 g/mol. The first-order valence-electron chi connectivity index (χ1n) is 5.15. The molecule has 1 aromatic rings. The Balaban J connectivity index is 2.40. The zero-order valence-corrected chi connectivity index (χ0v) is 9.93. The van der Waals surface area contributed by atoms with Gasteiger partial charge in [-0.15, -0.1) is 11.3 Å². The van der Waals surface area contributed by atoms with Crippen LogP contribution in [0.1, 0.15) is 35.0 Å². The van der Waals surface area contributed by atoms with E-state index in [9.17, 15) is 9.90 Å². The first kappa shape index (κ1) is 12.2. The number of aryl methyl sites for hydroxylation is 1. The highest BCUT2D eigenvalue weighted by Crippen LogP contribution is 2.14. The fraction of sp³-hybridized carbons (Fsp3) is 0.545. The number of thiophene rings is 1. The molecule has 4 heteroatoms. The highest BCUT2D eigenvalue weighted by molar-refractivity contribution is 7.12. The quantitative estimate of drug-likeness (QED) is 0.807. The van der Waals surface area contributed by atoms with Gasteiger partial charge in [-0.3, -0.25) is 4.79 Å². The summed E-state index contributed by atoms with van der Waals surface area (Å²) in [5.41, 5.74) is 0.988. The van der Waals surface area contributed by atoms with Gasteiger partial charge in [0.05, 0.1) is 11.0 Å². The van der Waals surface area contributed by atoms with Gasteiger partial charge in [0.1, 0.15) is 0 Å². The number of carbonyl (C=O) groups excluding carboxylic acids is 1. The van der Waals surface area contributed by atoms with Crippen molar-refractivity contribution in [1.82, 2.24) is 5.32 Å². The lowest BCUT2D eigenvalue weighted by molar-refractivity contribution is 0.0913. The lowest BCUT2D eigenvalue weighted by Gasteiger charge is -2.10. The Morgan fingerprint density at radius 3 is 2.93 bits per heavy atom. The van der Waals surface area contributed by atoms with Gasteiger partial charge in [0, 0.05) is 6.54 Å². The van der Waals surface area contributed by atoms with E-state index in [2.05, 4.69) is 5.32 Å². The minimum absolute atomic E-state index is 0.0855. The van der Waals surface area contributed by atoms with Crippen molar-refractivity contribution >= 4 is 17.2 Å². The molecule has 1 heterocycles. The van der Waals surface area contributed by atoms with Gasteiger partial charge in [0.15, 0.2) is 0 Å². The summed E-state index contributed by atoms with van der Waals surface area (Å²) in [6.07, 6.45) is 1.22. The number of hydrogen-bond donors (Lipinski definition) is 2. The third kappa shape index (κ3) is 3.64. The average Bonchev–Trinajstić information content (AvgIpc) is 2.61. The molecular formula is C11H17NO2S.